The molecule has 3 heteroatoms. The molecule has 0 saturated carbocycles. The molecule has 0 aliphatic rings. The Balaban J connectivity index is 0.00000180. The lowest BCUT2D eigenvalue weighted by Gasteiger charge is -2.04. The first kappa shape index (κ1) is 17.8. The van der Waals surface area contributed by atoms with Crippen LogP contribution in [0.2, 0.25) is 0 Å². The Kier molecular flexibility index (Phi) is 7.22. The van der Waals surface area contributed by atoms with E-state index in [4.69, 9.17) is 0 Å². The van der Waals surface area contributed by atoms with Gasteiger partial charge in [0.2, 0.25) is 0 Å². The van der Waals surface area contributed by atoms with Gasteiger partial charge in [-0.25, -0.2) is 0 Å². The van der Waals surface area contributed by atoms with E-state index in [1.807, 2.05) is 55.5 Å². The number of hydrazine groups is 1. The van der Waals surface area contributed by atoms with Gasteiger partial charge in [0.1, 0.15) is 5.69 Å². The molecule has 0 aromatic heterocycles. The van der Waals surface area contributed by atoms with Crippen molar-refractivity contribution in [3.63, 3.8) is 0 Å². The van der Waals surface area contributed by atoms with Crippen LogP contribution in [0.3, 0.4) is 0 Å². The maximum atomic E-state index is 12.1. The minimum atomic E-state index is 0. The van der Waals surface area contributed by atoms with E-state index in [1.165, 1.54) is 0 Å². The maximum Gasteiger partial charge on any atom is 0.295 e. The van der Waals surface area contributed by atoms with E-state index in [0.29, 0.717) is 5.69 Å². The molecule has 0 unspecified atom stereocenters. The van der Waals surface area contributed by atoms with Crippen molar-refractivity contribution in [1.82, 2.24) is 0 Å². The van der Waals surface area contributed by atoms with Gasteiger partial charge in [0.25, 0.3) is 5.69 Å². The van der Waals surface area contributed by atoms with Crippen molar-refractivity contribution in [1.29, 1.82) is 0 Å². The molecule has 1 N–H and O–H groups in total. The number of nitroso groups, excluding NO2 is 1. The van der Waals surface area contributed by atoms with Crippen molar-refractivity contribution in [3.8, 4) is 0 Å². The number of anilines is 1. The van der Waals surface area contributed by atoms with E-state index < -0.39 is 0 Å². The third-order valence-corrected chi connectivity index (χ3v) is 2.95. The molecule has 2 aromatic carbocycles. The molecule has 0 aliphatic carbocycles. The monoisotopic (exact) mass is 273 g/mol. The van der Waals surface area contributed by atoms with Crippen molar-refractivity contribution in [2.24, 2.45) is 0 Å². The van der Waals surface area contributed by atoms with E-state index in [1.54, 1.807) is 0 Å². The Labute approximate surface area is 122 Å². The second-order valence-corrected chi connectivity index (χ2v) is 4.20. The van der Waals surface area contributed by atoms with Crippen LogP contribution in [0.5, 0.6) is 0 Å². The van der Waals surface area contributed by atoms with Gasteiger partial charge in [-0.1, -0.05) is 58.2 Å². The first-order valence-electron chi connectivity index (χ1n) is 6.10. The standard InChI is InChI=1S/C15H17N2O.2CH4/c1-3-13-9-5-6-10-14(13)16-17(18)15-11-7-4-8-12(15)2;;/h4-11H,3H2,1-2H3,(H,16,18);2*1H4/q+1;;. The van der Waals surface area contributed by atoms with Crippen molar-refractivity contribution >= 4 is 11.4 Å². The SMILES string of the molecule is C.C.CCc1ccccc1N[N+](=O)c1ccccc1C. The van der Waals surface area contributed by atoms with Gasteiger partial charge in [0.15, 0.2) is 4.87 Å². The van der Waals surface area contributed by atoms with E-state index in [-0.39, 0.29) is 14.9 Å². The molecule has 0 fully saturated rings. The highest BCUT2D eigenvalue weighted by molar-refractivity contribution is 5.50. The number of rotatable bonds is 4. The average Bonchev–Trinajstić information content (AvgIpc) is 2.39. The van der Waals surface area contributed by atoms with Crippen molar-refractivity contribution < 1.29 is 4.87 Å². The molecule has 20 heavy (non-hydrogen) atoms. The summed E-state index contributed by atoms with van der Waals surface area (Å²) in [5.41, 5.74) is 6.48. The number of aryl methyl sites for hydroxylation is 2. The van der Waals surface area contributed by atoms with Gasteiger partial charge in [-0.3, -0.25) is 0 Å². The smallest absolute Gasteiger partial charge is 0.114 e. The fourth-order valence-corrected chi connectivity index (χ4v) is 1.90. The molecule has 0 spiro atoms. The summed E-state index contributed by atoms with van der Waals surface area (Å²) >= 11 is 0. The minimum Gasteiger partial charge on any atom is -0.114 e. The molecule has 0 bridgehead atoms. The second kappa shape index (κ2) is 8.10. The van der Waals surface area contributed by atoms with Gasteiger partial charge in [-0.2, -0.15) is 0 Å². The van der Waals surface area contributed by atoms with Crippen LogP contribution in [0.25, 0.3) is 0 Å². The topological polar surface area (TPSA) is 32.1 Å². The van der Waals surface area contributed by atoms with Crippen LogP contribution in [0.15, 0.2) is 48.5 Å². The normalized spacial score (nSPS) is 9.10. The molecule has 0 aliphatic heterocycles. The highest BCUT2D eigenvalue weighted by Gasteiger charge is 2.17. The first-order valence-corrected chi connectivity index (χ1v) is 6.10. The van der Waals surface area contributed by atoms with Crippen molar-refractivity contribution in [2.45, 2.75) is 35.1 Å². The Morgan fingerprint density at radius 3 is 2.25 bits per heavy atom. The van der Waals surface area contributed by atoms with Crippen molar-refractivity contribution in [3.05, 3.63) is 64.6 Å². The molecular formula is C17H25N2O+. The molecule has 2 aromatic rings. The number of hydrogen-bond donors (Lipinski definition) is 1. The van der Waals surface area contributed by atoms with Crippen LogP contribution in [0.1, 0.15) is 32.9 Å². The lowest BCUT2D eigenvalue weighted by atomic mass is 10.1. The number of nitrogens with zero attached hydrogens (tertiary/aromatic N) is 1. The Morgan fingerprint density at radius 1 is 1.00 bits per heavy atom. The summed E-state index contributed by atoms with van der Waals surface area (Å²) in [6, 6.07) is 15.4. The summed E-state index contributed by atoms with van der Waals surface area (Å²) in [7, 11) is 0. The first-order chi connectivity index (χ1) is 8.72. The molecule has 2 rings (SSSR count). The van der Waals surface area contributed by atoms with Gasteiger partial charge in [0.05, 0.1) is 4.91 Å². The average molecular weight is 273 g/mol. The zero-order valence-electron chi connectivity index (χ0n) is 10.7. The van der Waals surface area contributed by atoms with Gasteiger partial charge >= 0.3 is 0 Å². The molecule has 0 saturated heterocycles. The Hall–Kier alpha value is -2.16. The van der Waals surface area contributed by atoms with E-state index >= 15 is 0 Å². The van der Waals surface area contributed by atoms with Crippen molar-refractivity contribution in [2.75, 3.05) is 5.43 Å². The van der Waals surface area contributed by atoms with E-state index in [2.05, 4.69) is 12.3 Å². The lowest BCUT2D eigenvalue weighted by molar-refractivity contribution is -0.428. The van der Waals surface area contributed by atoms with Gasteiger partial charge in [-0.05, 0) is 25.0 Å². The highest BCUT2D eigenvalue weighted by Crippen LogP contribution is 2.20. The molecule has 0 atom stereocenters. The zero-order chi connectivity index (χ0) is 13.0. The largest absolute Gasteiger partial charge is 0.295 e. The summed E-state index contributed by atoms with van der Waals surface area (Å²) in [5.74, 6) is 0. The molecule has 3 nitrogen and oxygen atoms in total. The Bertz CT molecular complexity index is 564. The summed E-state index contributed by atoms with van der Waals surface area (Å²) in [4.78, 5) is 12.9. The molecule has 0 heterocycles. The zero-order valence-corrected chi connectivity index (χ0v) is 10.7. The summed E-state index contributed by atoms with van der Waals surface area (Å²) < 4.78 is 0. The minimum absolute atomic E-state index is 0. The molecule has 0 amide bonds. The van der Waals surface area contributed by atoms with Crippen LogP contribution in [0.4, 0.5) is 11.4 Å². The number of nitrogens with one attached hydrogen (secondary N) is 1. The molecular weight excluding hydrogens is 248 g/mol. The summed E-state index contributed by atoms with van der Waals surface area (Å²) in [5, 5.41) is 0. The fourth-order valence-electron chi connectivity index (χ4n) is 1.90. The van der Waals surface area contributed by atoms with E-state index in [0.717, 1.165) is 28.1 Å². The van der Waals surface area contributed by atoms with Crippen LogP contribution in [-0.4, -0.2) is 4.87 Å². The third kappa shape index (κ3) is 3.92. The summed E-state index contributed by atoms with van der Waals surface area (Å²) in [6.45, 7) is 4.00. The predicted octanol–water partition coefficient (Wildman–Crippen LogP) is 5.27. The number of para-hydroxylation sites is 2. The Morgan fingerprint density at radius 2 is 1.60 bits per heavy atom. The molecule has 0 radical (unpaired) electrons. The number of benzene rings is 2. The second-order valence-electron chi connectivity index (χ2n) is 4.20. The van der Waals surface area contributed by atoms with Crippen LogP contribution in [-0.2, 0) is 6.42 Å². The highest BCUT2D eigenvalue weighted by atomic mass is 16.3. The van der Waals surface area contributed by atoms with Gasteiger partial charge in [0, 0.05) is 11.6 Å². The van der Waals surface area contributed by atoms with Gasteiger partial charge in [-0.15, -0.1) is 5.43 Å². The third-order valence-electron chi connectivity index (χ3n) is 2.95. The molecule has 108 valence electrons. The quantitative estimate of drug-likeness (QED) is 0.608. The lowest BCUT2D eigenvalue weighted by Crippen LogP contribution is -2.12. The number of hydrogen-bond acceptors (Lipinski definition) is 1. The van der Waals surface area contributed by atoms with Crippen LogP contribution >= 0.6 is 0 Å². The van der Waals surface area contributed by atoms with E-state index in [9.17, 15) is 4.91 Å². The van der Waals surface area contributed by atoms with Crippen LogP contribution < -0.4 is 5.43 Å². The summed E-state index contributed by atoms with van der Waals surface area (Å²) in [6.07, 6.45) is 0.894. The maximum absolute atomic E-state index is 12.1. The van der Waals surface area contributed by atoms with Crippen LogP contribution in [0, 0.1) is 11.8 Å². The predicted molar refractivity (Wildman–Crippen MR) is 87.4 cm³/mol. The van der Waals surface area contributed by atoms with Gasteiger partial charge < -0.3 is 0 Å². The fraction of sp³-hybridized carbons (Fsp3) is 0.294.